The van der Waals surface area contributed by atoms with Crippen molar-refractivity contribution in [1.82, 2.24) is 0 Å². The molecule has 0 saturated carbocycles. The van der Waals surface area contributed by atoms with Crippen LogP contribution < -0.4 is 0 Å². The molecule has 2 aromatic rings. The second-order valence-electron chi connectivity index (χ2n) is 9.40. The highest BCUT2D eigenvalue weighted by Gasteiger charge is 2.55. The number of ether oxygens (including phenoxy) is 5. The quantitative estimate of drug-likeness (QED) is 0.190. The molecule has 0 unspecified atom stereocenters. The molecule has 1 saturated heterocycles. The molecule has 0 spiro atoms. The van der Waals surface area contributed by atoms with Gasteiger partial charge < -0.3 is 23.7 Å². The summed E-state index contributed by atoms with van der Waals surface area (Å²) in [6.07, 6.45) is 0.812. The first-order valence-corrected chi connectivity index (χ1v) is 13.2. The van der Waals surface area contributed by atoms with Crippen LogP contribution in [0, 0.1) is 19.8 Å². The average Bonchev–Trinajstić information content (AvgIpc) is 3.29. The van der Waals surface area contributed by atoms with E-state index in [4.69, 9.17) is 23.7 Å². The highest BCUT2D eigenvalue weighted by Crippen LogP contribution is 2.54. The summed E-state index contributed by atoms with van der Waals surface area (Å²) in [5.74, 6) is -2.90. The van der Waals surface area contributed by atoms with Crippen LogP contribution in [0.25, 0.3) is 5.76 Å². The average molecular weight is 535 g/mol. The Kier molecular flexibility index (Phi) is 8.86. The molecule has 0 amide bonds. The predicted octanol–water partition coefficient (Wildman–Crippen LogP) is 5.09. The number of hydrogen-bond acceptors (Lipinski definition) is 8. The van der Waals surface area contributed by atoms with E-state index < -0.39 is 42.0 Å². The van der Waals surface area contributed by atoms with Crippen LogP contribution in [0.1, 0.15) is 60.6 Å². The zero-order chi connectivity index (χ0) is 28.1. The first kappa shape index (κ1) is 28.1. The molecule has 4 atom stereocenters. The molecule has 1 fully saturated rings. The van der Waals surface area contributed by atoms with E-state index in [0.29, 0.717) is 22.5 Å². The van der Waals surface area contributed by atoms with Crippen molar-refractivity contribution in [1.29, 1.82) is 0 Å². The summed E-state index contributed by atoms with van der Waals surface area (Å²) in [5, 5.41) is 0. The number of esters is 3. The van der Waals surface area contributed by atoms with Crippen LogP contribution >= 0.6 is 0 Å². The Hall–Kier alpha value is -3.91. The van der Waals surface area contributed by atoms with Gasteiger partial charge in [0.25, 0.3) is 0 Å². The van der Waals surface area contributed by atoms with E-state index in [1.807, 2.05) is 56.3 Å². The second kappa shape index (κ2) is 12.3. The largest absolute Gasteiger partial charge is 0.465 e. The molecule has 2 aliphatic rings. The summed E-state index contributed by atoms with van der Waals surface area (Å²) in [7, 11) is 0. The van der Waals surface area contributed by atoms with E-state index in [1.54, 1.807) is 20.8 Å². The molecule has 206 valence electrons. The van der Waals surface area contributed by atoms with Crippen LogP contribution in [-0.4, -0.2) is 43.8 Å². The van der Waals surface area contributed by atoms with Gasteiger partial charge in [0.15, 0.2) is 0 Å². The minimum absolute atomic E-state index is 0.171. The van der Waals surface area contributed by atoms with Gasteiger partial charge in [0.05, 0.1) is 32.2 Å². The summed E-state index contributed by atoms with van der Waals surface area (Å²) >= 11 is 0. The van der Waals surface area contributed by atoms with Crippen LogP contribution in [0.4, 0.5) is 0 Å². The lowest BCUT2D eigenvalue weighted by Gasteiger charge is -2.32. The van der Waals surface area contributed by atoms with Crippen molar-refractivity contribution < 1.29 is 38.1 Å². The van der Waals surface area contributed by atoms with E-state index in [1.165, 1.54) is 12.3 Å². The molecule has 8 heteroatoms. The molecule has 4 rings (SSSR count). The van der Waals surface area contributed by atoms with Crippen molar-refractivity contribution in [2.75, 3.05) is 19.8 Å². The Bertz CT molecular complexity index is 1290. The lowest BCUT2D eigenvalue weighted by Crippen LogP contribution is -2.34. The Balaban J connectivity index is 1.94. The monoisotopic (exact) mass is 534 g/mol. The molecule has 1 aliphatic carbocycles. The topological polar surface area (TPSA) is 97.4 Å². The van der Waals surface area contributed by atoms with E-state index in [-0.39, 0.29) is 19.8 Å². The summed E-state index contributed by atoms with van der Waals surface area (Å²) in [5.41, 5.74) is 4.51. The normalized spacial score (nSPS) is 21.8. The highest BCUT2D eigenvalue weighted by atomic mass is 16.6. The van der Waals surface area contributed by atoms with E-state index in [9.17, 15) is 14.4 Å². The van der Waals surface area contributed by atoms with Crippen molar-refractivity contribution in [3.8, 4) is 0 Å². The van der Waals surface area contributed by atoms with Gasteiger partial charge in [0.2, 0.25) is 0 Å². The zero-order valence-electron chi connectivity index (χ0n) is 22.9. The maximum atomic E-state index is 13.5. The van der Waals surface area contributed by atoms with E-state index >= 15 is 0 Å². The second-order valence-corrected chi connectivity index (χ2v) is 9.40. The smallest absolute Gasteiger partial charge is 0.333 e. The summed E-state index contributed by atoms with van der Waals surface area (Å²) < 4.78 is 28.6. The summed E-state index contributed by atoms with van der Waals surface area (Å²) in [6, 6.07) is 13.3. The summed E-state index contributed by atoms with van der Waals surface area (Å²) in [4.78, 5) is 38.9. The van der Waals surface area contributed by atoms with Crippen LogP contribution in [0.15, 0.2) is 60.4 Å². The molecule has 0 N–H and O–H groups in total. The maximum Gasteiger partial charge on any atom is 0.333 e. The Labute approximate surface area is 228 Å². The molecule has 0 radical (unpaired) electrons. The van der Waals surface area contributed by atoms with Gasteiger partial charge in [0.1, 0.15) is 29.8 Å². The molecule has 2 aromatic carbocycles. The maximum absolute atomic E-state index is 13.5. The van der Waals surface area contributed by atoms with Crippen LogP contribution in [-0.2, 0) is 38.1 Å². The third-order valence-electron chi connectivity index (χ3n) is 6.75. The zero-order valence-corrected chi connectivity index (χ0v) is 22.9. The van der Waals surface area contributed by atoms with E-state index in [0.717, 1.165) is 16.7 Å². The number of benzene rings is 2. The van der Waals surface area contributed by atoms with Gasteiger partial charge in [-0.25, -0.2) is 4.79 Å². The lowest BCUT2D eigenvalue weighted by molar-refractivity contribution is -0.150. The van der Waals surface area contributed by atoms with Crippen LogP contribution in [0.2, 0.25) is 0 Å². The lowest BCUT2D eigenvalue weighted by atomic mass is 9.75. The molecule has 1 aliphatic heterocycles. The highest BCUT2D eigenvalue weighted by molar-refractivity contribution is 5.90. The van der Waals surface area contributed by atoms with Crippen LogP contribution in [0.3, 0.4) is 0 Å². The third-order valence-corrected chi connectivity index (χ3v) is 6.75. The number of carbonyl (C=O) groups excluding carboxylic acids is 3. The number of hydrogen-bond donors (Lipinski definition) is 0. The van der Waals surface area contributed by atoms with Crippen LogP contribution in [0.5, 0.6) is 0 Å². The Morgan fingerprint density at radius 2 is 1.41 bits per heavy atom. The van der Waals surface area contributed by atoms with Crippen molar-refractivity contribution in [3.63, 3.8) is 0 Å². The third kappa shape index (κ3) is 5.76. The van der Waals surface area contributed by atoms with Gasteiger partial charge in [-0.05, 0) is 45.7 Å². The van der Waals surface area contributed by atoms with Crippen molar-refractivity contribution in [3.05, 3.63) is 88.2 Å². The van der Waals surface area contributed by atoms with Gasteiger partial charge in [-0.2, -0.15) is 0 Å². The van der Waals surface area contributed by atoms with Gasteiger partial charge in [-0.15, -0.1) is 0 Å². The molecule has 39 heavy (non-hydrogen) atoms. The Morgan fingerprint density at radius 1 is 0.795 bits per heavy atom. The van der Waals surface area contributed by atoms with Gasteiger partial charge in [-0.3, -0.25) is 9.59 Å². The Morgan fingerprint density at radius 3 is 2.05 bits per heavy atom. The molecular formula is C31H34O8. The SMILES string of the molecule is CCOC(=O)/C=C/OC1=C2[C@@H](C(=O)OCC)[C@@H](c3ccc(C)cc3)O[C@@H]2[C@@H](C(=O)OCC)c2cc(C)ccc21. The number of fused-ring (bicyclic) bond motifs is 2. The van der Waals surface area contributed by atoms with Crippen molar-refractivity contribution in [2.24, 2.45) is 5.92 Å². The molecule has 0 bridgehead atoms. The summed E-state index contributed by atoms with van der Waals surface area (Å²) in [6.45, 7) is 9.68. The standard InChI is InChI=1S/C31H34O8/c1-6-35-23(32)15-16-38-28-21-14-11-19(5)17-22(21)24(30(33)36-7-2)29-25(28)26(31(34)37-8-3)27(39-29)20-12-9-18(4)10-13-20/h9-17,24,26-27,29H,6-8H2,1-5H3/b16-15+/t24-,26+,27+,29+/m0/s1. The van der Waals surface area contributed by atoms with E-state index in [2.05, 4.69) is 0 Å². The van der Waals surface area contributed by atoms with Crippen molar-refractivity contribution in [2.45, 2.75) is 52.7 Å². The fraction of sp³-hybridized carbons (Fsp3) is 0.387. The minimum atomic E-state index is -0.893. The van der Waals surface area contributed by atoms with Gasteiger partial charge >= 0.3 is 17.9 Å². The van der Waals surface area contributed by atoms with Gasteiger partial charge in [-0.1, -0.05) is 53.6 Å². The molecular weight excluding hydrogens is 500 g/mol. The number of rotatable bonds is 9. The van der Waals surface area contributed by atoms with Crippen molar-refractivity contribution >= 4 is 23.7 Å². The molecule has 0 aromatic heterocycles. The predicted molar refractivity (Wildman–Crippen MR) is 143 cm³/mol. The minimum Gasteiger partial charge on any atom is -0.465 e. The fourth-order valence-electron chi connectivity index (χ4n) is 5.12. The fourth-order valence-corrected chi connectivity index (χ4v) is 5.12. The van der Waals surface area contributed by atoms with Gasteiger partial charge in [0, 0.05) is 11.1 Å². The first-order valence-electron chi connectivity index (χ1n) is 13.2. The molecule has 1 heterocycles. The number of aryl methyl sites for hydroxylation is 2. The molecule has 8 nitrogen and oxygen atoms in total. The first-order chi connectivity index (χ1) is 18.8. The number of carbonyl (C=O) groups is 3.